The highest BCUT2D eigenvalue weighted by molar-refractivity contribution is 8.00. The van der Waals surface area contributed by atoms with Gasteiger partial charge < -0.3 is 10.8 Å². The molecule has 2 atom stereocenters. The van der Waals surface area contributed by atoms with Crippen molar-refractivity contribution in [3.05, 3.63) is 0 Å². The number of hydrogen-bond acceptors (Lipinski definition) is 3. The topological polar surface area (TPSA) is 63.3 Å². The molecule has 1 rings (SSSR count). The van der Waals surface area contributed by atoms with Crippen LogP contribution in [0.4, 0.5) is 0 Å². The first-order valence-electron chi connectivity index (χ1n) is 3.18. The molecule has 0 amide bonds. The van der Waals surface area contributed by atoms with Gasteiger partial charge in [-0.25, -0.2) is 0 Å². The fourth-order valence-corrected chi connectivity index (χ4v) is 2.31. The molecular formula is C6H11NO2S. The second kappa shape index (κ2) is 2.43. The highest BCUT2D eigenvalue weighted by Crippen LogP contribution is 2.32. The number of carbonyl (C=O) groups is 1. The van der Waals surface area contributed by atoms with Gasteiger partial charge in [-0.15, -0.1) is 0 Å². The summed E-state index contributed by atoms with van der Waals surface area (Å²) in [7, 11) is 0. The molecule has 3 nitrogen and oxygen atoms in total. The van der Waals surface area contributed by atoms with E-state index < -0.39 is 11.5 Å². The minimum atomic E-state index is -0.954. The summed E-state index contributed by atoms with van der Waals surface area (Å²) in [6, 6.07) is 0. The van der Waals surface area contributed by atoms with Crippen LogP contribution in [0.5, 0.6) is 0 Å². The number of nitrogens with two attached hydrogens (primary N) is 1. The fourth-order valence-electron chi connectivity index (χ4n) is 1.07. The molecule has 58 valence electrons. The Labute approximate surface area is 64.0 Å². The molecule has 4 heteroatoms. The molecule has 0 saturated carbocycles. The van der Waals surface area contributed by atoms with Gasteiger partial charge in [0.05, 0.1) is 0 Å². The first-order chi connectivity index (χ1) is 4.54. The van der Waals surface area contributed by atoms with Crippen LogP contribution in [0.2, 0.25) is 0 Å². The van der Waals surface area contributed by atoms with E-state index in [-0.39, 0.29) is 0 Å². The molecule has 0 aromatic carbocycles. The summed E-state index contributed by atoms with van der Waals surface area (Å²) in [5, 5.41) is 9.04. The predicted octanol–water partition coefficient (Wildman–Crippen LogP) is 0.294. The van der Waals surface area contributed by atoms with Crippen molar-refractivity contribution in [1.82, 2.24) is 0 Å². The average molecular weight is 161 g/mol. The van der Waals surface area contributed by atoms with Crippen LogP contribution in [0.25, 0.3) is 0 Å². The predicted molar refractivity (Wildman–Crippen MR) is 41.1 cm³/mol. The van der Waals surface area contributed by atoms with Crippen LogP contribution in [0.15, 0.2) is 0 Å². The molecule has 2 unspecified atom stereocenters. The van der Waals surface area contributed by atoms with E-state index in [0.717, 1.165) is 0 Å². The zero-order chi connectivity index (χ0) is 7.78. The Morgan fingerprint density at radius 3 is 2.70 bits per heavy atom. The van der Waals surface area contributed by atoms with Crippen LogP contribution in [0.3, 0.4) is 0 Å². The van der Waals surface area contributed by atoms with Crippen LogP contribution < -0.4 is 5.73 Å². The van der Waals surface area contributed by atoms with Crippen molar-refractivity contribution in [3.63, 3.8) is 0 Å². The van der Waals surface area contributed by atoms with E-state index in [1.807, 2.05) is 6.92 Å². The van der Waals surface area contributed by atoms with Gasteiger partial charge in [0.25, 0.3) is 0 Å². The Morgan fingerprint density at radius 2 is 2.50 bits per heavy atom. The van der Waals surface area contributed by atoms with Crippen molar-refractivity contribution >= 4 is 17.7 Å². The first kappa shape index (κ1) is 7.88. The molecule has 1 fully saturated rings. The Kier molecular flexibility index (Phi) is 1.92. The van der Waals surface area contributed by atoms with Gasteiger partial charge in [0.15, 0.2) is 0 Å². The molecule has 0 bridgehead atoms. The second-order valence-corrected chi connectivity index (χ2v) is 4.21. The lowest BCUT2D eigenvalue weighted by Crippen LogP contribution is -2.48. The molecule has 1 aliphatic heterocycles. The zero-order valence-electron chi connectivity index (χ0n) is 5.83. The SMILES string of the molecule is CC1CC(N)(C(=O)O)CS1. The lowest BCUT2D eigenvalue weighted by Gasteiger charge is -2.15. The zero-order valence-corrected chi connectivity index (χ0v) is 6.65. The van der Waals surface area contributed by atoms with Crippen molar-refractivity contribution in [2.45, 2.75) is 24.1 Å². The van der Waals surface area contributed by atoms with Gasteiger partial charge in [-0.1, -0.05) is 6.92 Å². The molecule has 0 radical (unpaired) electrons. The fraction of sp³-hybridized carbons (Fsp3) is 0.833. The van der Waals surface area contributed by atoms with Gasteiger partial charge in [0.1, 0.15) is 5.54 Å². The first-order valence-corrected chi connectivity index (χ1v) is 4.23. The summed E-state index contributed by atoms with van der Waals surface area (Å²) >= 11 is 1.63. The van der Waals surface area contributed by atoms with E-state index in [0.29, 0.717) is 17.4 Å². The van der Waals surface area contributed by atoms with Gasteiger partial charge in [0, 0.05) is 11.0 Å². The molecule has 0 aromatic heterocycles. The lowest BCUT2D eigenvalue weighted by molar-refractivity contribution is -0.142. The van der Waals surface area contributed by atoms with Gasteiger partial charge >= 0.3 is 5.97 Å². The largest absolute Gasteiger partial charge is 0.480 e. The highest BCUT2D eigenvalue weighted by Gasteiger charge is 2.40. The minimum Gasteiger partial charge on any atom is -0.480 e. The third-order valence-corrected chi connectivity index (χ3v) is 3.12. The quantitative estimate of drug-likeness (QED) is 0.580. The van der Waals surface area contributed by atoms with Crippen LogP contribution in [-0.4, -0.2) is 27.6 Å². The van der Waals surface area contributed by atoms with Crippen molar-refractivity contribution < 1.29 is 9.90 Å². The van der Waals surface area contributed by atoms with Gasteiger partial charge in [0.2, 0.25) is 0 Å². The number of carboxylic acid groups (broad SMARTS) is 1. The Morgan fingerprint density at radius 1 is 1.90 bits per heavy atom. The number of hydrogen-bond donors (Lipinski definition) is 2. The Bertz CT molecular complexity index is 162. The monoisotopic (exact) mass is 161 g/mol. The molecule has 1 aliphatic rings. The summed E-state index contributed by atoms with van der Waals surface area (Å²) < 4.78 is 0. The van der Waals surface area contributed by atoms with Crippen LogP contribution >= 0.6 is 11.8 Å². The van der Waals surface area contributed by atoms with Crippen LogP contribution in [-0.2, 0) is 4.79 Å². The van der Waals surface area contributed by atoms with Gasteiger partial charge in [-0.3, -0.25) is 4.79 Å². The average Bonchev–Trinajstić information content (AvgIpc) is 2.13. The molecule has 0 spiro atoms. The van der Waals surface area contributed by atoms with Crippen molar-refractivity contribution in [2.24, 2.45) is 5.73 Å². The van der Waals surface area contributed by atoms with Gasteiger partial charge in [-0.05, 0) is 6.42 Å². The van der Waals surface area contributed by atoms with E-state index in [2.05, 4.69) is 0 Å². The molecule has 0 aromatic rings. The van der Waals surface area contributed by atoms with Crippen LogP contribution in [0, 0.1) is 0 Å². The van der Waals surface area contributed by atoms with Crippen LogP contribution in [0.1, 0.15) is 13.3 Å². The van der Waals surface area contributed by atoms with Crippen molar-refractivity contribution in [2.75, 3.05) is 5.75 Å². The van der Waals surface area contributed by atoms with Crippen molar-refractivity contribution in [3.8, 4) is 0 Å². The van der Waals surface area contributed by atoms with E-state index in [1.54, 1.807) is 11.8 Å². The third kappa shape index (κ3) is 1.27. The molecule has 1 heterocycles. The molecule has 10 heavy (non-hydrogen) atoms. The molecule has 3 N–H and O–H groups in total. The maximum atomic E-state index is 10.5. The van der Waals surface area contributed by atoms with E-state index >= 15 is 0 Å². The maximum absolute atomic E-state index is 10.5. The third-order valence-electron chi connectivity index (χ3n) is 1.70. The number of aliphatic carboxylic acids is 1. The summed E-state index contributed by atoms with van der Waals surface area (Å²) in [4.78, 5) is 10.5. The maximum Gasteiger partial charge on any atom is 0.324 e. The van der Waals surface area contributed by atoms with E-state index in [4.69, 9.17) is 10.8 Å². The second-order valence-electron chi connectivity index (χ2n) is 2.79. The highest BCUT2D eigenvalue weighted by atomic mass is 32.2. The summed E-state index contributed by atoms with van der Waals surface area (Å²) in [6.45, 7) is 2.00. The summed E-state index contributed by atoms with van der Waals surface area (Å²) in [5.74, 6) is -0.326. The van der Waals surface area contributed by atoms with E-state index in [9.17, 15) is 4.79 Å². The standard InChI is InChI=1S/C6H11NO2S/c1-4-2-6(7,3-10-4)5(8)9/h4H,2-3,7H2,1H3,(H,8,9). The summed E-state index contributed by atoms with van der Waals surface area (Å²) in [6.07, 6.45) is 0.590. The van der Waals surface area contributed by atoms with Crippen molar-refractivity contribution in [1.29, 1.82) is 0 Å². The Hall–Kier alpha value is -0.220. The lowest BCUT2D eigenvalue weighted by atomic mass is 9.98. The van der Waals surface area contributed by atoms with E-state index in [1.165, 1.54) is 0 Å². The molecule has 0 aliphatic carbocycles. The van der Waals surface area contributed by atoms with Gasteiger partial charge in [-0.2, -0.15) is 11.8 Å². The smallest absolute Gasteiger partial charge is 0.324 e. The number of thioether (sulfide) groups is 1. The number of rotatable bonds is 1. The molecular weight excluding hydrogens is 150 g/mol. The summed E-state index contributed by atoms with van der Waals surface area (Å²) in [5.41, 5.74) is 4.62. The Balaban J connectivity index is 2.63. The minimum absolute atomic E-state index is 0.390. The molecule has 1 saturated heterocycles. The number of carboxylic acids is 1. The normalized spacial score (nSPS) is 40.0.